The van der Waals surface area contributed by atoms with Crippen molar-refractivity contribution < 1.29 is 0 Å². The van der Waals surface area contributed by atoms with Gasteiger partial charge in [-0.3, -0.25) is 0 Å². The van der Waals surface area contributed by atoms with Crippen molar-refractivity contribution in [2.45, 2.75) is 26.3 Å². The first-order valence-electron chi connectivity index (χ1n) is 5.84. The Morgan fingerprint density at radius 2 is 2.18 bits per heavy atom. The summed E-state index contributed by atoms with van der Waals surface area (Å²) in [4.78, 5) is 4.35. The van der Waals surface area contributed by atoms with Crippen LogP contribution in [0.15, 0.2) is 24.5 Å². The number of imidazole rings is 1. The quantitative estimate of drug-likeness (QED) is 0.851. The van der Waals surface area contributed by atoms with Gasteiger partial charge in [0, 0.05) is 26.0 Å². The molecule has 0 amide bonds. The monoisotopic (exact) mass is 231 g/mol. The smallest absolute Gasteiger partial charge is 0.148 e. The van der Waals surface area contributed by atoms with Crippen LogP contribution in [0.3, 0.4) is 0 Å². The number of aryl methyl sites for hydroxylation is 1. The van der Waals surface area contributed by atoms with Crippen molar-refractivity contribution in [1.29, 1.82) is 0 Å². The Bertz CT molecular complexity index is 460. The summed E-state index contributed by atoms with van der Waals surface area (Å²) in [5, 5.41) is 11.2. The third-order valence-corrected chi connectivity index (χ3v) is 2.58. The topological polar surface area (TPSA) is 55.6 Å². The lowest BCUT2D eigenvalue weighted by atomic mass is 10.2. The van der Waals surface area contributed by atoms with E-state index in [0.29, 0.717) is 0 Å². The minimum absolute atomic E-state index is 0.726. The average Bonchev–Trinajstić information content (AvgIpc) is 2.78. The van der Waals surface area contributed by atoms with Crippen LogP contribution in [-0.4, -0.2) is 26.8 Å². The molecule has 0 unspecified atom stereocenters. The van der Waals surface area contributed by atoms with Crippen LogP contribution in [0.2, 0.25) is 0 Å². The van der Waals surface area contributed by atoms with Gasteiger partial charge in [0.05, 0.1) is 12.1 Å². The predicted octanol–water partition coefficient (Wildman–Crippen LogP) is 1.72. The Morgan fingerprint density at radius 3 is 2.82 bits per heavy atom. The van der Waals surface area contributed by atoms with Crippen molar-refractivity contribution in [1.82, 2.24) is 19.7 Å². The highest BCUT2D eigenvalue weighted by atomic mass is 15.2. The molecule has 0 saturated carbocycles. The van der Waals surface area contributed by atoms with E-state index in [9.17, 15) is 0 Å². The van der Waals surface area contributed by atoms with Gasteiger partial charge in [0.25, 0.3) is 0 Å². The molecule has 0 spiro atoms. The van der Waals surface area contributed by atoms with E-state index >= 15 is 0 Å². The number of hydrogen-bond acceptors (Lipinski definition) is 4. The van der Waals surface area contributed by atoms with Gasteiger partial charge in [-0.15, -0.1) is 5.10 Å². The van der Waals surface area contributed by atoms with Crippen LogP contribution in [0.1, 0.15) is 24.9 Å². The number of nitrogens with zero attached hydrogens (tertiary/aromatic N) is 4. The van der Waals surface area contributed by atoms with Crippen LogP contribution in [0.4, 0.5) is 5.82 Å². The highest BCUT2D eigenvalue weighted by molar-refractivity contribution is 5.32. The second-order valence-electron chi connectivity index (χ2n) is 3.87. The third kappa shape index (κ3) is 2.81. The standard InChI is InChI=1S/C12H17N5/c1-3-7-17-8-6-14-12(17)9-10-4-5-11(13-2)16-15-10/h4-6,8H,3,7,9H2,1-2H3,(H,13,16). The minimum atomic E-state index is 0.726. The molecule has 5 nitrogen and oxygen atoms in total. The van der Waals surface area contributed by atoms with Gasteiger partial charge in [-0.1, -0.05) is 6.92 Å². The number of nitrogens with one attached hydrogen (secondary N) is 1. The Balaban J connectivity index is 2.10. The number of rotatable bonds is 5. The van der Waals surface area contributed by atoms with E-state index in [1.54, 1.807) is 0 Å². The summed E-state index contributed by atoms with van der Waals surface area (Å²) in [7, 11) is 1.83. The first-order chi connectivity index (χ1) is 8.33. The van der Waals surface area contributed by atoms with Crippen molar-refractivity contribution in [3.05, 3.63) is 36.0 Å². The van der Waals surface area contributed by atoms with Gasteiger partial charge in [0.15, 0.2) is 0 Å². The van der Waals surface area contributed by atoms with Gasteiger partial charge < -0.3 is 9.88 Å². The summed E-state index contributed by atoms with van der Waals surface area (Å²) >= 11 is 0. The molecular formula is C12H17N5. The fourth-order valence-electron chi connectivity index (χ4n) is 1.70. The van der Waals surface area contributed by atoms with Crippen molar-refractivity contribution >= 4 is 5.82 Å². The van der Waals surface area contributed by atoms with Crippen LogP contribution in [0.5, 0.6) is 0 Å². The molecule has 1 N–H and O–H groups in total. The molecule has 0 aliphatic rings. The van der Waals surface area contributed by atoms with E-state index in [-0.39, 0.29) is 0 Å². The Kier molecular flexibility index (Phi) is 3.69. The first kappa shape index (κ1) is 11.6. The van der Waals surface area contributed by atoms with E-state index in [1.807, 2.05) is 31.6 Å². The maximum atomic E-state index is 4.35. The SMILES string of the molecule is CCCn1ccnc1Cc1ccc(NC)nn1. The van der Waals surface area contributed by atoms with Gasteiger partial charge in [-0.2, -0.15) is 5.10 Å². The lowest BCUT2D eigenvalue weighted by Crippen LogP contribution is -2.05. The van der Waals surface area contributed by atoms with Crippen molar-refractivity contribution in [3.63, 3.8) is 0 Å². The van der Waals surface area contributed by atoms with Gasteiger partial charge >= 0.3 is 0 Å². The molecule has 2 heterocycles. The molecule has 17 heavy (non-hydrogen) atoms. The molecular weight excluding hydrogens is 214 g/mol. The zero-order chi connectivity index (χ0) is 12.1. The third-order valence-electron chi connectivity index (χ3n) is 2.58. The van der Waals surface area contributed by atoms with Crippen molar-refractivity contribution in [2.24, 2.45) is 0 Å². The normalized spacial score (nSPS) is 10.5. The molecule has 0 aliphatic heterocycles. The van der Waals surface area contributed by atoms with E-state index in [0.717, 1.165) is 36.7 Å². The second kappa shape index (κ2) is 5.43. The molecule has 0 aliphatic carbocycles. The van der Waals surface area contributed by atoms with Crippen molar-refractivity contribution in [2.75, 3.05) is 12.4 Å². The molecule has 5 heteroatoms. The minimum Gasteiger partial charge on any atom is -0.372 e. The Hall–Kier alpha value is -1.91. The van der Waals surface area contributed by atoms with Crippen LogP contribution in [0, 0.1) is 0 Å². The van der Waals surface area contributed by atoms with Crippen LogP contribution >= 0.6 is 0 Å². The molecule has 0 bridgehead atoms. The maximum Gasteiger partial charge on any atom is 0.148 e. The Labute approximate surface area is 101 Å². The fraction of sp³-hybridized carbons (Fsp3) is 0.417. The summed E-state index contributed by atoms with van der Waals surface area (Å²) in [5.41, 5.74) is 0.938. The van der Waals surface area contributed by atoms with E-state index < -0.39 is 0 Å². The molecule has 0 fully saturated rings. The maximum absolute atomic E-state index is 4.35. The zero-order valence-electron chi connectivity index (χ0n) is 10.2. The van der Waals surface area contributed by atoms with Crippen LogP contribution < -0.4 is 5.32 Å². The Morgan fingerprint density at radius 1 is 1.29 bits per heavy atom. The molecule has 2 aromatic rings. The average molecular weight is 231 g/mol. The predicted molar refractivity (Wildman–Crippen MR) is 66.9 cm³/mol. The second-order valence-corrected chi connectivity index (χ2v) is 3.87. The summed E-state index contributed by atoms with van der Waals surface area (Å²) in [6, 6.07) is 3.90. The summed E-state index contributed by atoms with van der Waals surface area (Å²) < 4.78 is 2.16. The van der Waals surface area contributed by atoms with E-state index in [2.05, 4.69) is 32.0 Å². The first-order valence-corrected chi connectivity index (χ1v) is 5.84. The number of anilines is 1. The highest BCUT2D eigenvalue weighted by Crippen LogP contribution is 2.07. The van der Waals surface area contributed by atoms with Crippen molar-refractivity contribution in [3.8, 4) is 0 Å². The molecule has 2 rings (SSSR count). The summed E-state index contributed by atoms with van der Waals surface area (Å²) in [5.74, 6) is 1.82. The lowest BCUT2D eigenvalue weighted by molar-refractivity contribution is 0.643. The largest absolute Gasteiger partial charge is 0.372 e. The van der Waals surface area contributed by atoms with Gasteiger partial charge in [0.2, 0.25) is 0 Å². The molecule has 0 saturated heterocycles. The van der Waals surface area contributed by atoms with Crippen LogP contribution in [-0.2, 0) is 13.0 Å². The lowest BCUT2D eigenvalue weighted by Gasteiger charge is -2.05. The van der Waals surface area contributed by atoms with Crippen LogP contribution in [0.25, 0.3) is 0 Å². The summed E-state index contributed by atoms with van der Waals surface area (Å²) in [6.07, 6.45) is 5.67. The van der Waals surface area contributed by atoms with Gasteiger partial charge in [0.1, 0.15) is 11.6 Å². The molecule has 0 atom stereocenters. The zero-order valence-corrected chi connectivity index (χ0v) is 10.2. The van der Waals surface area contributed by atoms with E-state index in [4.69, 9.17) is 0 Å². The van der Waals surface area contributed by atoms with E-state index in [1.165, 1.54) is 0 Å². The molecule has 90 valence electrons. The number of hydrogen-bond donors (Lipinski definition) is 1. The molecule has 2 aromatic heterocycles. The fourth-order valence-corrected chi connectivity index (χ4v) is 1.70. The molecule has 0 radical (unpaired) electrons. The van der Waals surface area contributed by atoms with Gasteiger partial charge in [-0.25, -0.2) is 4.98 Å². The summed E-state index contributed by atoms with van der Waals surface area (Å²) in [6.45, 7) is 3.16. The van der Waals surface area contributed by atoms with Gasteiger partial charge in [-0.05, 0) is 18.6 Å². The number of aromatic nitrogens is 4. The highest BCUT2D eigenvalue weighted by Gasteiger charge is 2.05. The molecule has 0 aromatic carbocycles.